The van der Waals surface area contributed by atoms with Gasteiger partial charge in [-0.2, -0.15) is 0 Å². The maximum absolute atomic E-state index is 11.7. The molecule has 6 nitrogen and oxygen atoms in total. The van der Waals surface area contributed by atoms with Gasteiger partial charge in [0.2, 0.25) is 0 Å². The van der Waals surface area contributed by atoms with Crippen LogP contribution in [-0.4, -0.2) is 53.4 Å². The second kappa shape index (κ2) is 6.38. The molecule has 6 heteroatoms. The van der Waals surface area contributed by atoms with Gasteiger partial charge in [-0.05, 0) is 24.1 Å². The van der Waals surface area contributed by atoms with Gasteiger partial charge < -0.3 is 9.84 Å². The van der Waals surface area contributed by atoms with E-state index in [1.54, 1.807) is 29.3 Å². The van der Waals surface area contributed by atoms with Gasteiger partial charge in [-0.3, -0.25) is 0 Å². The number of cyclic esters (lactones) is 1. The molecule has 1 aliphatic rings. The first-order valence-corrected chi connectivity index (χ1v) is 6.63. The highest BCUT2D eigenvalue weighted by Crippen LogP contribution is 2.11. The number of benzene rings is 1. The molecule has 0 aromatic heterocycles. The monoisotopic (exact) mass is 278 g/mol. The molecule has 0 spiro atoms. The van der Waals surface area contributed by atoms with Gasteiger partial charge in [-0.25, -0.2) is 19.6 Å². The number of hydrazine groups is 1. The Labute approximate surface area is 117 Å². The van der Waals surface area contributed by atoms with E-state index in [1.807, 2.05) is 11.9 Å². The van der Waals surface area contributed by atoms with Crippen molar-refractivity contribution in [2.45, 2.75) is 13.3 Å². The highest BCUT2D eigenvalue weighted by atomic mass is 16.6. The minimum atomic E-state index is -0.937. The number of hydrogen-bond donors (Lipinski definition) is 1. The molecule has 108 valence electrons. The van der Waals surface area contributed by atoms with Gasteiger partial charge in [-0.15, -0.1) is 0 Å². The quantitative estimate of drug-likeness (QED) is 0.886. The van der Waals surface area contributed by atoms with Crippen LogP contribution in [0.5, 0.6) is 0 Å². The van der Waals surface area contributed by atoms with Gasteiger partial charge in [0.15, 0.2) is 0 Å². The Morgan fingerprint density at radius 1 is 1.35 bits per heavy atom. The summed E-state index contributed by atoms with van der Waals surface area (Å²) < 4.78 is 5.03. The molecule has 0 saturated carbocycles. The summed E-state index contributed by atoms with van der Waals surface area (Å²) >= 11 is 0. The van der Waals surface area contributed by atoms with Crippen molar-refractivity contribution >= 4 is 12.1 Å². The van der Waals surface area contributed by atoms with Gasteiger partial charge in [-0.1, -0.05) is 19.1 Å². The summed E-state index contributed by atoms with van der Waals surface area (Å²) in [4.78, 5) is 22.5. The van der Waals surface area contributed by atoms with E-state index in [-0.39, 0.29) is 11.7 Å². The number of carboxylic acid groups (broad SMARTS) is 1. The standard InChI is InChI=1S/C14H18N2O4/c1-2-15-9-10-20-14(19)16(15)8-7-11-3-5-12(6-4-11)13(17)18/h3-6H,2,7-10H2,1H3,(H,17,18). The third kappa shape index (κ3) is 3.27. The highest BCUT2D eigenvalue weighted by Gasteiger charge is 2.25. The molecule has 0 aliphatic carbocycles. The molecule has 0 bridgehead atoms. The lowest BCUT2D eigenvalue weighted by atomic mass is 10.1. The van der Waals surface area contributed by atoms with Crippen LogP contribution in [0.2, 0.25) is 0 Å². The summed E-state index contributed by atoms with van der Waals surface area (Å²) in [6, 6.07) is 6.69. The number of rotatable bonds is 5. The van der Waals surface area contributed by atoms with E-state index >= 15 is 0 Å². The normalized spacial score (nSPS) is 16.1. The molecule has 0 radical (unpaired) electrons. The smallest absolute Gasteiger partial charge is 0.424 e. The average Bonchev–Trinajstić information content (AvgIpc) is 2.46. The fourth-order valence-electron chi connectivity index (χ4n) is 2.16. The third-order valence-electron chi connectivity index (χ3n) is 3.31. The van der Waals surface area contributed by atoms with Crippen LogP contribution in [0, 0.1) is 0 Å². The van der Waals surface area contributed by atoms with Crippen molar-refractivity contribution in [3.63, 3.8) is 0 Å². The first-order valence-electron chi connectivity index (χ1n) is 6.63. The molecule has 1 aromatic carbocycles. The van der Waals surface area contributed by atoms with Crippen LogP contribution in [0.25, 0.3) is 0 Å². The SMILES string of the molecule is CCN1CCOC(=O)N1CCc1ccc(C(=O)O)cc1. The maximum Gasteiger partial charge on any atom is 0.424 e. The van der Waals surface area contributed by atoms with Crippen molar-refractivity contribution in [3.05, 3.63) is 35.4 Å². The Morgan fingerprint density at radius 3 is 2.65 bits per heavy atom. The van der Waals surface area contributed by atoms with Crippen molar-refractivity contribution in [2.24, 2.45) is 0 Å². The van der Waals surface area contributed by atoms with Gasteiger partial charge in [0.1, 0.15) is 6.61 Å². The van der Waals surface area contributed by atoms with Gasteiger partial charge in [0.05, 0.1) is 12.1 Å². The van der Waals surface area contributed by atoms with Crippen LogP contribution in [0.1, 0.15) is 22.8 Å². The van der Waals surface area contributed by atoms with E-state index in [1.165, 1.54) is 0 Å². The first-order chi connectivity index (χ1) is 9.61. The van der Waals surface area contributed by atoms with E-state index < -0.39 is 5.97 Å². The van der Waals surface area contributed by atoms with E-state index in [9.17, 15) is 9.59 Å². The van der Waals surface area contributed by atoms with E-state index in [4.69, 9.17) is 9.84 Å². The number of aromatic carboxylic acids is 1. The minimum absolute atomic E-state index is 0.265. The molecule has 0 atom stereocenters. The average molecular weight is 278 g/mol. The van der Waals surface area contributed by atoms with E-state index in [0.717, 1.165) is 12.1 Å². The molecule has 1 N–H and O–H groups in total. The number of carbonyl (C=O) groups is 2. The van der Waals surface area contributed by atoms with Crippen LogP contribution < -0.4 is 0 Å². The summed E-state index contributed by atoms with van der Waals surface area (Å²) in [5.74, 6) is -0.937. The van der Waals surface area contributed by atoms with Crippen LogP contribution >= 0.6 is 0 Å². The Bertz CT molecular complexity index is 486. The highest BCUT2D eigenvalue weighted by molar-refractivity contribution is 5.87. The van der Waals surface area contributed by atoms with Crippen LogP contribution in [0.3, 0.4) is 0 Å². The summed E-state index contributed by atoms with van der Waals surface area (Å²) in [5.41, 5.74) is 1.26. The lowest BCUT2D eigenvalue weighted by molar-refractivity contribution is -0.0643. The number of nitrogens with zero attached hydrogens (tertiary/aromatic N) is 2. The zero-order valence-corrected chi connectivity index (χ0v) is 11.4. The Morgan fingerprint density at radius 2 is 2.05 bits per heavy atom. The molecule has 1 fully saturated rings. The predicted molar refractivity (Wildman–Crippen MR) is 72.4 cm³/mol. The number of carbonyl (C=O) groups excluding carboxylic acids is 1. The molecular weight excluding hydrogens is 260 g/mol. The van der Waals surface area contributed by atoms with Crippen molar-refractivity contribution < 1.29 is 19.4 Å². The molecule has 1 amide bonds. The van der Waals surface area contributed by atoms with E-state index in [2.05, 4.69) is 0 Å². The predicted octanol–water partition coefficient (Wildman–Crippen LogP) is 1.62. The van der Waals surface area contributed by atoms with Crippen molar-refractivity contribution in [1.82, 2.24) is 10.0 Å². The van der Waals surface area contributed by atoms with E-state index in [0.29, 0.717) is 26.1 Å². The molecule has 1 aliphatic heterocycles. The maximum atomic E-state index is 11.7. The van der Waals surface area contributed by atoms with Gasteiger partial charge in [0, 0.05) is 13.1 Å². The zero-order valence-electron chi connectivity index (χ0n) is 11.4. The molecule has 1 saturated heterocycles. The largest absolute Gasteiger partial charge is 0.478 e. The van der Waals surface area contributed by atoms with Crippen LogP contribution in [0.4, 0.5) is 4.79 Å². The topological polar surface area (TPSA) is 70.1 Å². The third-order valence-corrected chi connectivity index (χ3v) is 3.31. The summed E-state index contributed by atoms with van der Waals surface area (Å²) in [5, 5.41) is 12.4. The number of ether oxygens (including phenoxy) is 1. The summed E-state index contributed by atoms with van der Waals surface area (Å²) in [6.07, 6.45) is 0.339. The molecular formula is C14H18N2O4. The second-order valence-electron chi connectivity index (χ2n) is 4.54. The second-order valence-corrected chi connectivity index (χ2v) is 4.54. The summed E-state index contributed by atoms with van der Waals surface area (Å²) in [6.45, 7) is 4.41. The van der Waals surface area contributed by atoms with Gasteiger partial charge >= 0.3 is 12.1 Å². The lowest BCUT2D eigenvalue weighted by Gasteiger charge is -2.37. The molecule has 1 heterocycles. The zero-order chi connectivity index (χ0) is 14.5. The number of hydrogen-bond acceptors (Lipinski definition) is 4. The fourth-order valence-corrected chi connectivity index (χ4v) is 2.16. The number of amides is 1. The summed E-state index contributed by atoms with van der Waals surface area (Å²) in [7, 11) is 0. The Balaban J connectivity index is 1.96. The number of carboxylic acids is 1. The van der Waals surface area contributed by atoms with Crippen molar-refractivity contribution in [3.8, 4) is 0 Å². The first kappa shape index (κ1) is 14.3. The van der Waals surface area contributed by atoms with Crippen LogP contribution in [0.15, 0.2) is 24.3 Å². The molecule has 2 rings (SSSR count). The Kier molecular flexibility index (Phi) is 4.57. The minimum Gasteiger partial charge on any atom is -0.478 e. The molecule has 20 heavy (non-hydrogen) atoms. The molecule has 0 unspecified atom stereocenters. The fraction of sp³-hybridized carbons (Fsp3) is 0.429. The van der Waals surface area contributed by atoms with Crippen molar-refractivity contribution in [2.75, 3.05) is 26.2 Å². The van der Waals surface area contributed by atoms with Gasteiger partial charge in [0.25, 0.3) is 0 Å². The lowest BCUT2D eigenvalue weighted by Crippen LogP contribution is -2.53. The number of likely N-dealkylation sites (N-methyl/N-ethyl adjacent to an activating group) is 1. The van der Waals surface area contributed by atoms with Crippen LogP contribution in [-0.2, 0) is 11.2 Å². The Hall–Kier alpha value is -2.08. The molecule has 1 aromatic rings. The van der Waals surface area contributed by atoms with Crippen molar-refractivity contribution in [1.29, 1.82) is 0 Å².